The molecule has 0 fully saturated rings. The largest absolute Gasteiger partial charge is 0.493 e. The summed E-state index contributed by atoms with van der Waals surface area (Å²) in [6.45, 7) is 3.46. The molecule has 150 valence electrons. The van der Waals surface area contributed by atoms with E-state index in [9.17, 15) is 0 Å². The standard InChI is InChI=1S/C23H25N3O2S/c1-17-4-6-18(7-5-17)15-26(16-19-10-12-24-13-11-19)23(29)25-20-8-9-21(27-2)22(14-20)28-3/h4-14H,15-16H2,1-3H3,(H,25,29). The predicted octanol–water partition coefficient (Wildman–Crippen LogP) is 4.81. The average molecular weight is 408 g/mol. The van der Waals surface area contributed by atoms with Crippen LogP contribution in [-0.2, 0) is 13.1 Å². The number of aryl methyl sites for hydroxylation is 1. The first-order chi connectivity index (χ1) is 14.1. The van der Waals surface area contributed by atoms with Gasteiger partial charge in [-0.05, 0) is 54.5 Å². The lowest BCUT2D eigenvalue weighted by molar-refractivity contribution is 0.355. The van der Waals surface area contributed by atoms with Crippen molar-refractivity contribution in [1.82, 2.24) is 9.88 Å². The van der Waals surface area contributed by atoms with Crippen LogP contribution in [0.15, 0.2) is 67.0 Å². The summed E-state index contributed by atoms with van der Waals surface area (Å²) in [5.74, 6) is 1.33. The first-order valence-electron chi connectivity index (χ1n) is 9.31. The Balaban J connectivity index is 1.80. The van der Waals surface area contributed by atoms with Crippen molar-refractivity contribution in [1.29, 1.82) is 0 Å². The zero-order valence-corrected chi connectivity index (χ0v) is 17.7. The van der Waals surface area contributed by atoms with E-state index in [-0.39, 0.29) is 0 Å². The van der Waals surface area contributed by atoms with Gasteiger partial charge in [0, 0.05) is 37.2 Å². The molecule has 1 heterocycles. The van der Waals surface area contributed by atoms with Crippen LogP contribution in [0.4, 0.5) is 5.69 Å². The number of hydrogen-bond acceptors (Lipinski definition) is 4. The van der Waals surface area contributed by atoms with Crippen molar-refractivity contribution in [2.24, 2.45) is 0 Å². The highest BCUT2D eigenvalue weighted by atomic mass is 32.1. The Hall–Kier alpha value is -3.12. The Morgan fingerprint density at radius 1 is 0.897 bits per heavy atom. The van der Waals surface area contributed by atoms with E-state index >= 15 is 0 Å². The van der Waals surface area contributed by atoms with Crippen molar-refractivity contribution in [3.05, 3.63) is 83.7 Å². The molecule has 5 nitrogen and oxygen atoms in total. The van der Waals surface area contributed by atoms with Crippen LogP contribution in [0.25, 0.3) is 0 Å². The Morgan fingerprint density at radius 3 is 2.14 bits per heavy atom. The first-order valence-corrected chi connectivity index (χ1v) is 9.72. The van der Waals surface area contributed by atoms with Gasteiger partial charge in [-0.3, -0.25) is 4.98 Å². The minimum atomic E-state index is 0.634. The normalized spacial score (nSPS) is 10.3. The SMILES string of the molecule is COc1ccc(NC(=S)N(Cc2ccncc2)Cc2ccc(C)cc2)cc1OC. The minimum Gasteiger partial charge on any atom is -0.493 e. The van der Waals surface area contributed by atoms with Gasteiger partial charge in [0.2, 0.25) is 0 Å². The predicted molar refractivity (Wildman–Crippen MR) is 120 cm³/mol. The van der Waals surface area contributed by atoms with Crippen LogP contribution >= 0.6 is 12.2 Å². The molecule has 0 aliphatic heterocycles. The first kappa shape index (κ1) is 20.6. The maximum atomic E-state index is 5.75. The summed E-state index contributed by atoms with van der Waals surface area (Å²) in [5, 5.41) is 3.96. The van der Waals surface area contributed by atoms with Crippen molar-refractivity contribution < 1.29 is 9.47 Å². The number of hydrogen-bond donors (Lipinski definition) is 1. The topological polar surface area (TPSA) is 46.6 Å². The second kappa shape index (κ2) is 9.89. The minimum absolute atomic E-state index is 0.634. The summed E-state index contributed by atoms with van der Waals surface area (Å²) < 4.78 is 10.7. The fraction of sp³-hybridized carbons (Fsp3) is 0.217. The summed E-state index contributed by atoms with van der Waals surface area (Å²) in [5.41, 5.74) is 4.42. The van der Waals surface area contributed by atoms with Crippen LogP contribution in [0.5, 0.6) is 11.5 Å². The molecule has 0 spiro atoms. The molecule has 2 aromatic carbocycles. The van der Waals surface area contributed by atoms with E-state index in [0.29, 0.717) is 29.7 Å². The third-order valence-electron chi connectivity index (χ3n) is 4.54. The molecule has 3 rings (SSSR count). The zero-order chi connectivity index (χ0) is 20.6. The molecule has 0 saturated carbocycles. The lowest BCUT2D eigenvalue weighted by Crippen LogP contribution is -2.33. The van der Waals surface area contributed by atoms with Gasteiger partial charge in [0.1, 0.15) is 0 Å². The Bertz CT molecular complexity index is 946. The number of thiocarbonyl (C=S) groups is 1. The van der Waals surface area contributed by atoms with Crippen molar-refractivity contribution in [3.8, 4) is 11.5 Å². The third kappa shape index (κ3) is 5.68. The van der Waals surface area contributed by atoms with Crippen molar-refractivity contribution in [2.45, 2.75) is 20.0 Å². The van der Waals surface area contributed by atoms with Gasteiger partial charge in [0.15, 0.2) is 16.6 Å². The van der Waals surface area contributed by atoms with Gasteiger partial charge < -0.3 is 19.7 Å². The van der Waals surface area contributed by atoms with Crippen molar-refractivity contribution in [2.75, 3.05) is 19.5 Å². The highest BCUT2D eigenvalue weighted by Gasteiger charge is 2.13. The smallest absolute Gasteiger partial charge is 0.174 e. The molecule has 0 radical (unpaired) electrons. The van der Waals surface area contributed by atoms with Crippen LogP contribution in [0.2, 0.25) is 0 Å². The number of rotatable bonds is 7. The molecule has 1 N–H and O–H groups in total. The van der Waals surface area contributed by atoms with Gasteiger partial charge in [-0.15, -0.1) is 0 Å². The van der Waals surface area contributed by atoms with Gasteiger partial charge in [-0.25, -0.2) is 0 Å². The maximum absolute atomic E-state index is 5.75. The van der Waals surface area contributed by atoms with Gasteiger partial charge in [0.05, 0.1) is 14.2 Å². The molecule has 1 aromatic heterocycles. The van der Waals surface area contributed by atoms with E-state index in [0.717, 1.165) is 11.3 Å². The number of nitrogens with zero attached hydrogens (tertiary/aromatic N) is 2. The molecular formula is C23H25N3O2S. The van der Waals surface area contributed by atoms with E-state index in [1.807, 2.05) is 30.3 Å². The van der Waals surface area contributed by atoms with Gasteiger partial charge >= 0.3 is 0 Å². The quantitative estimate of drug-likeness (QED) is 0.568. The Kier molecular flexibility index (Phi) is 7.03. The molecule has 3 aromatic rings. The van der Waals surface area contributed by atoms with Crippen LogP contribution < -0.4 is 14.8 Å². The fourth-order valence-corrected chi connectivity index (χ4v) is 3.19. The molecule has 29 heavy (non-hydrogen) atoms. The molecule has 0 amide bonds. The highest BCUT2D eigenvalue weighted by molar-refractivity contribution is 7.80. The van der Waals surface area contributed by atoms with Gasteiger partial charge in [-0.1, -0.05) is 29.8 Å². The molecule has 6 heteroatoms. The summed E-state index contributed by atoms with van der Waals surface area (Å²) >= 11 is 5.75. The number of methoxy groups -OCH3 is 2. The molecule has 0 atom stereocenters. The second-order valence-corrected chi connectivity index (χ2v) is 7.08. The number of benzene rings is 2. The zero-order valence-electron chi connectivity index (χ0n) is 16.9. The van der Waals surface area contributed by atoms with E-state index in [4.69, 9.17) is 21.7 Å². The maximum Gasteiger partial charge on any atom is 0.174 e. The van der Waals surface area contributed by atoms with E-state index in [1.165, 1.54) is 11.1 Å². The lowest BCUT2D eigenvalue weighted by Gasteiger charge is -2.26. The molecule has 0 aliphatic rings. The molecule has 0 bridgehead atoms. The lowest BCUT2D eigenvalue weighted by atomic mass is 10.1. The van der Waals surface area contributed by atoms with E-state index < -0.39 is 0 Å². The van der Waals surface area contributed by atoms with Crippen molar-refractivity contribution in [3.63, 3.8) is 0 Å². The Labute approximate surface area is 177 Å². The van der Waals surface area contributed by atoms with Crippen molar-refractivity contribution >= 4 is 23.0 Å². The average Bonchev–Trinajstić information content (AvgIpc) is 2.75. The van der Waals surface area contributed by atoms with Gasteiger partial charge in [0.25, 0.3) is 0 Å². The fourth-order valence-electron chi connectivity index (χ4n) is 2.94. The van der Waals surface area contributed by atoms with Crippen LogP contribution in [0, 0.1) is 6.92 Å². The van der Waals surface area contributed by atoms with E-state index in [2.05, 4.69) is 46.4 Å². The second-order valence-electron chi connectivity index (χ2n) is 6.70. The number of nitrogens with one attached hydrogen (secondary N) is 1. The highest BCUT2D eigenvalue weighted by Crippen LogP contribution is 2.30. The number of anilines is 1. The van der Waals surface area contributed by atoms with Crippen LogP contribution in [0.1, 0.15) is 16.7 Å². The summed E-state index contributed by atoms with van der Waals surface area (Å²) in [6.07, 6.45) is 3.59. The summed E-state index contributed by atoms with van der Waals surface area (Å²) in [6, 6.07) is 18.2. The molecular weight excluding hydrogens is 382 g/mol. The monoisotopic (exact) mass is 407 g/mol. The summed E-state index contributed by atoms with van der Waals surface area (Å²) in [4.78, 5) is 6.23. The van der Waals surface area contributed by atoms with Gasteiger partial charge in [-0.2, -0.15) is 0 Å². The molecule has 0 aliphatic carbocycles. The molecule has 0 saturated heterocycles. The number of pyridine rings is 1. The third-order valence-corrected chi connectivity index (χ3v) is 4.90. The van der Waals surface area contributed by atoms with Crippen LogP contribution in [0.3, 0.4) is 0 Å². The number of ether oxygens (including phenoxy) is 2. The molecule has 0 unspecified atom stereocenters. The van der Waals surface area contributed by atoms with Crippen LogP contribution in [-0.4, -0.2) is 29.2 Å². The van der Waals surface area contributed by atoms with E-state index in [1.54, 1.807) is 26.6 Å². The number of aromatic nitrogens is 1. The summed E-state index contributed by atoms with van der Waals surface area (Å²) in [7, 11) is 3.24. The Morgan fingerprint density at radius 2 is 1.52 bits per heavy atom.